The average molecular weight is 298 g/mol. The van der Waals surface area contributed by atoms with Crippen LogP contribution < -0.4 is 10.6 Å². The van der Waals surface area contributed by atoms with E-state index in [0.717, 1.165) is 30.2 Å². The third kappa shape index (κ3) is 4.20. The lowest BCUT2D eigenvalue weighted by Gasteiger charge is -2.14. The van der Waals surface area contributed by atoms with Gasteiger partial charge in [-0.3, -0.25) is 0 Å². The van der Waals surface area contributed by atoms with Crippen molar-refractivity contribution in [1.29, 1.82) is 0 Å². The third-order valence-electron chi connectivity index (χ3n) is 3.60. The number of benzene rings is 1. The highest BCUT2D eigenvalue weighted by atomic mass is 15.1. The van der Waals surface area contributed by atoms with Gasteiger partial charge in [-0.05, 0) is 45.2 Å². The first kappa shape index (κ1) is 16.3. The van der Waals surface area contributed by atoms with Crippen LogP contribution in [-0.2, 0) is 0 Å². The molecule has 2 aromatic rings. The van der Waals surface area contributed by atoms with Crippen molar-refractivity contribution >= 4 is 17.5 Å². The van der Waals surface area contributed by atoms with E-state index >= 15 is 0 Å². The van der Waals surface area contributed by atoms with E-state index in [1.807, 2.05) is 13.0 Å². The molecule has 0 bridgehead atoms. The second-order valence-electron chi connectivity index (χ2n) is 5.90. The molecule has 1 aromatic heterocycles. The number of rotatable bonds is 6. The normalized spacial score (nSPS) is 10.6. The molecule has 0 saturated carbocycles. The Balaban J connectivity index is 2.22. The van der Waals surface area contributed by atoms with E-state index in [0.29, 0.717) is 5.95 Å². The maximum absolute atomic E-state index is 4.57. The predicted molar refractivity (Wildman–Crippen MR) is 94.1 cm³/mol. The molecule has 2 N–H and O–H groups in total. The summed E-state index contributed by atoms with van der Waals surface area (Å²) in [5.41, 5.74) is 5.74. The van der Waals surface area contributed by atoms with Gasteiger partial charge in [0.15, 0.2) is 0 Å². The molecule has 118 valence electrons. The quantitative estimate of drug-likeness (QED) is 0.761. The molecule has 0 amide bonds. The summed E-state index contributed by atoms with van der Waals surface area (Å²) in [5.74, 6) is 1.53. The Hall–Kier alpha value is -2.10. The Morgan fingerprint density at radius 1 is 0.955 bits per heavy atom. The molecule has 2 rings (SSSR count). The first-order chi connectivity index (χ1) is 10.5. The van der Waals surface area contributed by atoms with E-state index in [4.69, 9.17) is 0 Å². The first-order valence-corrected chi connectivity index (χ1v) is 7.94. The van der Waals surface area contributed by atoms with Crippen molar-refractivity contribution in [3.63, 3.8) is 0 Å². The van der Waals surface area contributed by atoms with E-state index in [9.17, 15) is 0 Å². The van der Waals surface area contributed by atoms with Crippen LogP contribution in [0.4, 0.5) is 17.5 Å². The van der Waals surface area contributed by atoms with Crippen LogP contribution in [0, 0.1) is 27.7 Å². The van der Waals surface area contributed by atoms with Gasteiger partial charge >= 0.3 is 0 Å². The Bertz CT molecular complexity index is 627. The Labute approximate surface area is 133 Å². The van der Waals surface area contributed by atoms with Gasteiger partial charge in [-0.25, -0.2) is 4.98 Å². The molecule has 0 atom stereocenters. The Kier molecular flexibility index (Phi) is 5.36. The fourth-order valence-electron chi connectivity index (χ4n) is 2.60. The van der Waals surface area contributed by atoms with Gasteiger partial charge in [0.25, 0.3) is 0 Å². The van der Waals surface area contributed by atoms with Crippen molar-refractivity contribution in [2.24, 2.45) is 0 Å². The largest absolute Gasteiger partial charge is 0.370 e. The minimum absolute atomic E-state index is 0.647. The molecule has 1 aromatic carbocycles. The molecule has 0 aliphatic heterocycles. The summed E-state index contributed by atoms with van der Waals surface area (Å²) >= 11 is 0. The molecular weight excluding hydrogens is 272 g/mol. The van der Waals surface area contributed by atoms with Gasteiger partial charge in [0.05, 0.1) is 0 Å². The molecule has 0 saturated heterocycles. The molecule has 0 radical (unpaired) electrons. The second kappa shape index (κ2) is 7.25. The van der Waals surface area contributed by atoms with Gasteiger partial charge in [-0.15, -0.1) is 0 Å². The standard InChI is InChI=1S/C18H26N4/c1-6-7-8-19-16-11-15(5)20-18(21-16)22-17-13(3)9-12(2)10-14(17)4/h9-11H,6-8H2,1-5H3,(H2,19,20,21,22). The SMILES string of the molecule is CCCCNc1cc(C)nc(Nc2c(C)cc(C)cc2C)n1. The smallest absolute Gasteiger partial charge is 0.229 e. The highest BCUT2D eigenvalue weighted by molar-refractivity contribution is 5.64. The van der Waals surface area contributed by atoms with Crippen LogP contribution in [0.3, 0.4) is 0 Å². The summed E-state index contributed by atoms with van der Waals surface area (Å²) in [7, 11) is 0. The highest BCUT2D eigenvalue weighted by Gasteiger charge is 2.07. The number of unbranched alkanes of at least 4 members (excludes halogenated alkanes) is 1. The highest BCUT2D eigenvalue weighted by Crippen LogP contribution is 2.25. The minimum atomic E-state index is 0.647. The fourth-order valence-corrected chi connectivity index (χ4v) is 2.60. The molecule has 0 spiro atoms. The third-order valence-corrected chi connectivity index (χ3v) is 3.60. The summed E-state index contributed by atoms with van der Waals surface area (Å²) < 4.78 is 0. The first-order valence-electron chi connectivity index (χ1n) is 7.94. The Morgan fingerprint density at radius 2 is 1.64 bits per heavy atom. The van der Waals surface area contributed by atoms with Gasteiger partial charge in [0, 0.05) is 24.0 Å². The van der Waals surface area contributed by atoms with Crippen molar-refractivity contribution in [3.05, 3.63) is 40.6 Å². The zero-order chi connectivity index (χ0) is 16.1. The Morgan fingerprint density at radius 3 is 2.27 bits per heavy atom. The van der Waals surface area contributed by atoms with Crippen molar-refractivity contribution < 1.29 is 0 Å². The summed E-state index contributed by atoms with van der Waals surface area (Å²) in [6.45, 7) is 11.4. The number of nitrogens with one attached hydrogen (secondary N) is 2. The van der Waals surface area contributed by atoms with E-state index < -0.39 is 0 Å². The maximum atomic E-state index is 4.57. The van der Waals surface area contributed by atoms with Gasteiger partial charge in [-0.2, -0.15) is 4.98 Å². The van der Waals surface area contributed by atoms with Crippen molar-refractivity contribution in [2.45, 2.75) is 47.5 Å². The molecule has 0 aliphatic carbocycles. The van der Waals surface area contributed by atoms with Crippen LogP contribution in [0.15, 0.2) is 18.2 Å². The van der Waals surface area contributed by atoms with E-state index in [-0.39, 0.29) is 0 Å². The summed E-state index contributed by atoms with van der Waals surface area (Å²) in [6, 6.07) is 6.33. The second-order valence-corrected chi connectivity index (χ2v) is 5.90. The molecule has 0 fully saturated rings. The van der Waals surface area contributed by atoms with Crippen molar-refractivity contribution in [3.8, 4) is 0 Å². The molecule has 22 heavy (non-hydrogen) atoms. The molecular formula is C18H26N4. The lowest BCUT2D eigenvalue weighted by Crippen LogP contribution is -2.07. The van der Waals surface area contributed by atoms with Crippen molar-refractivity contribution in [1.82, 2.24) is 9.97 Å². The van der Waals surface area contributed by atoms with E-state index in [2.05, 4.69) is 60.4 Å². The number of aryl methyl sites for hydroxylation is 4. The summed E-state index contributed by atoms with van der Waals surface area (Å²) in [6.07, 6.45) is 2.31. The lowest BCUT2D eigenvalue weighted by molar-refractivity contribution is 0.830. The molecule has 4 nitrogen and oxygen atoms in total. The van der Waals surface area contributed by atoms with Gasteiger partial charge in [-0.1, -0.05) is 31.0 Å². The van der Waals surface area contributed by atoms with E-state index in [1.54, 1.807) is 0 Å². The molecule has 0 aliphatic rings. The molecule has 4 heteroatoms. The average Bonchev–Trinajstić information content (AvgIpc) is 2.42. The predicted octanol–water partition coefficient (Wildman–Crippen LogP) is 4.67. The molecule has 1 heterocycles. The van der Waals surface area contributed by atoms with Crippen LogP contribution in [0.1, 0.15) is 42.1 Å². The number of hydrogen-bond acceptors (Lipinski definition) is 4. The van der Waals surface area contributed by atoms with Gasteiger partial charge in [0.2, 0.25) is 5.95 Å². The summed E-state index contributed by atoms with van der Waals surface area (Å²) in [5, 5.41) is 6.74. The number of anilines is 3. The zero-order valence-corrected chi connectivity index (χ0v) is 14.2. The number of nitrogens with zero attached hydrogens (tertiary/aromatic N) is 2. The van der Waals surface area contributed by atoms with Crippen LogP contribution >= 0.6 is 0 Å². The number of hydrogen-bond donors (Lipinski definition) is 2. The van der Waals surface area contributed by atoms with Crippen molar-refractivity contribution in [2.75, 3.05) is 17.2 Å². The van der Waals surface area contributed by atoms with Crippen LogP contribution in [0.25, 0.3) is 0 Å². The monoisotopic (exact) mass is 298 g/mol. The van der Waals surface area contributed by atoms with Crippen LogP contribution in [0.5, 0.6) is 0 Å². The fraction of sp³-hybridized carbons (Fsp3) is 0.444. The van der Waals surface area contributed by atoms with Gasteiger partial charge < -0.3 is 10.6 Å². The minimum Gasteiger partial charge on any atom is -0.370 e. The maximum Gasteiger partial charge on any atom is 0.229 e. The van der Waals surface area contributed by atoms with Crippen LogP contribution in [0.2, 0.25) is 0 Å². The lowest BCUT2D eigenvalue weighted by atomic mass is 10.1. The van der Waals surface area contributed by atoms with Crippen LogP contribution in [-0.4, -0.2) is 16.5 Å². The molecule has 0 unspecified atom stereocenters. The topological polar surface area (TPSA) is 49.8 Å². The summed E-state index contributed by atoms with van der Waals surface area (Å²) in [4.78, 5) is 9.07. The zero-order valence-electron chi connectivity index (χ0n) is 14.2. The van der Waals surface area contributed by atoms with Gasteiger partial charge in [0.1, 0.15) is 5.82 Å². The van der Waals surface area contributed by atoms with E-state index in [1.165, 1.54) is 23.1 Å². The number of aromatic nitrogens is 2.